The molecule has 0 saturated carbocycles. The molecule has 0 spiro atoms. The molecule has 1 heterocycles. The summed E-state index contributed by atoms with van der Waals surface area (Å²) >= 11 is 0. The van der Waals surface area contributed by atoms with Crippen molar-refractivity contribution >= 4 is 11.6 Å². The summed E-state index contributed by atoms with van der Waals surface area (Å²) in [6, 6.07) is 16.2. The molecule has 0 saturated heterocycles. The summed E-state index contributed by atoms with van der Waals surface area (Å²) in [4.78, 5) is 14.3. The summed E-state index contributed by atoms with van der Waals surface area (Å²) in [6.07, 6.45) is 3.77. The first-order valence-electron chi connectivity index (χ1n) is 7.07. The number of amides is 1. The summed E-state index contributed by atoms with van der Waals surface area (Å²) in [5.41, 5.74) is -0.241. The SMILES string of the molecule is COc1ccc(N2C=CC[C@@](O)(c3ccccc3)C2=O)cc1. The zero-order valence-electron chi connectivity index (χ0n) is 12.3. The molecule has 0 unspecified atom stereocenters. The summed E-state index contributed by atoms with van der Waals surface area (Å²) < 4.78 is 5.12. The van der Waals surface area contributed by atoms with Crippen molar-refractivity contribution in [3.05, 3.63) is 72.4 Å². The Morgan fingerprint density at radius 1 is 1.09 bits per heavy atom. The van der Waals surface area contributed by atoms with Gasteiger partial charge < -0.3 is 9.84 Å². The lowest BCUT2D eigenvalue weighted by atomic mass is 9.87. The number of rotatable bonds is 3. The van der Waals surface area contributed by atoms with Crippen LogP contribution in [0.2, 0.25) is 0 Å². The first kappa shape index (κ1) is 14.4. The number of ether oxygens (including phenoxy) is 1. The van der Waals surface area contributed by atoms with Gasteiger partial charge in [-0.25, -0.2) is 0 Å². The number of benzene rings is 2. The van der Waals surface area contributed by atoms with Gasteiger partial charge in [0.2, 0.25) is 0 Å². The van der Waals surface area contributed by atoms with E-state index in [-0.39, 0.29) is 12.3 Å². The number of hydrogen-bond donors (Lipinski definition) is 1. The number of carbonyl (C=O) groups excluding carboxylic acids is 1. The van der Waals surface area contributed by atoms with E-state index in [4.69, 9.17) is 4.74 Å². The van der Waals surface area contributed by atoms with E-state index in [0.717, 1.165) is 5.75 Å². The van der Waals surface area contributed by atoms with Crippen LogP contribution in [0.25, 0.3) is 0 Å². The fraction of sp³-hybridized carbons (Fsp3) is 0.167. The number of aliphatic hydroxyl groups is 1. The van der Waals surface area contributed by atoms with Crippen molar-refractivity contribution in [3.63, 3.8) is 0 Å². The van der Waals surface area contributed by atoms with Gasteiger partial charge in [0.05, 0.1) is 7.11 Å². The quantitative estimate of drug-likeness (QED) is 0.947. The minimum absolute atomic E-state index is 0.266. The third-order valence-electron chi connectivity index (χ3n) is 3.84. The van der Waals surface area contributed by atoms with Gasteiger partial charge in [0.15, 0.2) is 5.60 Å². The van der Waals surface area contributed by atoms with Crippen LogP contribution in [0.15, 0.2) is 66.9 Å². The Labute approximate surface area is 129 Å². The van der Waals surface area contributed by atoms with E-state index in [2.05, 4.69) is 0 Å². The Morgan fingerprint density at radius 2 is 1.77 bits per heavy atom. The van der Waals surface area contributed by atoms with Crippen molar-refractivity contribution < 1.29 is 14.6 Å². The maximum absolute atomic E-state index is 12.8. The first-order chi connectivity index (χ1) is 10.6. The van der Waals surface area contributed by atoms with Crippen molar-refractivity contribution in [2.24, 2.45) is 0 Å². The van der Waals surface area contributed by atoms with Crippen molar-refractivity contribution in [1.82, 2.24) is 0 Å². The van der Waals surface area contributed by atoms with E-state index in [9.17, 15) is 9.90 Å². The van der Waals surface area contributed by atoms with Crippen LogP contribution in [0.1, 0.15) is 12.0 Å². The van der Waals surface area contributed by atoms with E-state index in [1.54, 1.807) is 55.8 Å². The van der Waals surface area contributed by atoms with Gasteiger partial charge in [-0.2, -0.15) is 0 Å². The summed E-state index contributed by atoms with van der Waals surface area (Å²) in [6.45, 7) is 0. The predicted molar refractivity (Wildman–Crippen MR) is 84.6 cm³/mol. The highest BCUT2D eigenvalue weighted by Crippen LogP contribution is 2.34. The molecule has 2 aromatic carbocycles. The molecule has 1 atom stereocenters. The van der Waals surface area contributed by atoms with Crippen molar-refractivity contribution in [2.45, 2.75) is 12.0 Å². The predicted octanol–water partition coefficient (Wildman–Crippen LogP) is 2.83. The minimum Gasteiger partial charge on any atom is -0.497 e. The van der Waals surface area contributed by atoms with Gasteiger partial charge >= 0.3 is 0 Å². The fourth-order valence-corrected chi connectivity index (χ4v) is 2.58. The van der Waals surface area contributed by atoms with Gasteiger partial charge in [0, 0.05) is 18.3 Å². The van der Waals surface area contributed by atoms with Crippen molar-refractivity contribution in [3.8, 4) is 5.75 Å². The van der Waals surface area contributed by atoms with Crippen LogP contribution < -0.4 is 9.64 Å². The lowest BCUT2D eigenvalue weighted by molar-refractivity contribution is -0.137. The second-order valence-electron chi connectivity index (χ2n) is 5.19. The lowest BCUT2D eigenvalue weighted by Crippen LogP contribution is -2.47. The Hall–Kier alpha value is -2.59. The second-order valence-corrected chi connectivity index (χ2v) is 5.19. The monoisotopic (exact) mass is 295 g/mol. The maximum Gasteiger partial charge on any atom is 0.267 e. The molecule has 112 valence electrons. The van der Waals surface area contributed by atoms with E-state index >= 15 is 0 Å². The van der Waals surface area contributed by atoms with E-state index in [0.29, 0.717) is 11.3 Å². The first-order valence-corrected chi connectivity index (χ1v) is 7.07. The summed E-state index contributed by atoms with van der Waals surface area (Å²) in [5.74, 6) is 0.363. The van der Waals surface area contributed by atoms with Crippen LogP contribution in [0, 0.1) is 0 Å². The van der Waals surface area contributed by atoms with Crippen LogP contribution in [0.5, 0.6) is 5.75 Å². The number of carbonyl (C=O) groups is 1. The topological polar surface area (TPSA) is 49.8 Å². The third-order valence-corrected chi connectivity index (χ3v) is 3.84. The molecule has 0 fully saturated rings. The van der Waals surface area contributed by atoms with E-state index in [1.807, 2.05) is 18.2 Å². The van der Waals surface area contributed by atoms with Gasteiger partial charge in [-0.15, -0.1) is 0 Å². The largest absolute Gasteiger partial charge is 0.497 e. The summed E-state index contributed by atoms with van der Waals surface area (Å²) in [7, 11) is 1.59. The molecule has 4 heteroatoms. The lowest BCUT2D eigenvalue weighted by Gasteiger charge is -2.34. The van der Waals surface area contributed by atoms with E-state index in [1.165, 1.54) is 4.90 Å². The molecule has 0 aromatic heterocycles. The Morgan fingerprint density at radius 3 is 2.41 bits per heavy atom. The van der Waals surface area contributed by atoms with Gasteiger partial charge in [-0.05, 0) is 29.8 Å². The zero-order chi connectivity index (χ0) is 15.6. The smallest absolute Gasteiger partial charge is 0.267 e. The highest BCUT2D eigenvalue weighted by molar-refractivity contribution is 6.02. The number of anilines is 1. The molecule has 0 aliphatic carbocycles. The van der Waals surface area contributed by atoms with Crippen LogP contribution in [-0.4, -0.2) is 18.1 Å². The molecule has 1 N–H and O–H groups in total. The molecule has 3 rings (SSSR count). The number of nitrogens with zero attached hydrogens (tertiary/aromatic N) is 1. The molecular weight excluding hydrogens is 278 g/mol. The van der Waals surface area contributed by atoms with Gasteiger partial charge in [-0.3, -0.25) is 9.69 Å². The molecule has 1 amide bonds. The average molecular weight is 295 g/mol. The molecule has 4 nitrogen and oxygen atoms in total. The average Bonchev–Trinajstić information content (AvgIpc) is 2.58. The van der Waals surface area contributed by atoms with Crippen LogP contribution in [0.4, 0.5) is 5.69 Å². The third kappa shape index (κ3) is 2.38. The fourth-order valence-electron chi connectivity index (χ4n) is 2.58. The molecule has 1 aliphatic rings. The van der Waals surface area contributed by atoms with Crippen LogP contribution in [0.3, 0.4) is 0 Å². The molecule has 0 bridgehead atoms. The molecular formula is C18H17NO3. The van der Waals surface area contributed by atoms with Crippen molar-refractivity contribution in [2.75, 3.05) is 12.0 Å². The van der Waals surface area contributed by atoms with Crippen LogP contribution >= 0.6 is 0 Å². The van der Waals surface area contributed by atoms with Gasteiger partial charge in [0.1, 0.15) is 5.75 Å². The zero-order valence-corrected chi connectivity index (χ0v) is 12.3. The van der Waals surface area contributed by atoms with Crippen LogP contribution in [-0.2, 0) is 10.4 Å². The molecule has 0 radical (unpaired) electrons. The van der Waals surface area contributed by atoms with Crippen molar-refractivity contribution in [1.29, 1.82) is 0 Å². The van der Waals surface area contributed by atoms with Gasteiger partial charge in [0.25, 0.3) is 5.91 Å². The Bertz CT molecular complexity index is 694. The number of hydrogen-bond acceptors (Lipinski definition) is 3. The molecule has 2 aromatic rings. The molecule has 22 heavy (non-hydrogen) atoms. The highest BCUT2D eigenvalue weighted by Gasteiger charge is 2.42. The normalized spacial score (nSPS) is 21.0. The maximum atomic E-state index is 12.8. The minimum atomic E-state index is -1.53. The van der Waals surface area contributed by atoms with Gasteiger partial charge in [-0.1, -0.05) is 36.4 Å². The molecule has 1 aliphatic heterocycles. The van der Waals surface area contributed by atoms with E-state index < -0.39 is 5.60 Å². The summed E-state index contributed by atoms with van der Waals surface area (Å²) in [5, 5.41) is 10.9. The highest BCUT2D eigenvalue weighted by atomic mass is 16.5. The second kappa shape index (κ2) is 5.66. The Kier molecular flexibility index (Phi) is 3.69. The number of methoxy groups -OCH3 is 1. The Balaban J connectivity index is 1.96. The standard InChI is InChI=1S/C18H17NO3/c1-22-16-10-8-15(9-11-16)19-13-5-12-18(21,17(19)20)14-6-3-2-4-7-14/h2-11,13,21H,12H2,1H3/t18-/m1/s1.